The van der Waals surface area contributed by atoms with Gasteiger partial charge in [-0.3, -0.25) is 0 Å². The van der Waals surface area contributed by atoms with Crippen LogP contribution in [0.3, 0.4) is 0 Å². The quantitative estimate of drug-likeness (QED) is 0.848. The van der Waals surface area contributed by atoms with E-state index in [0.29, 0.717) is 22.7 Å². The maximum absolute atomic E-state index is 13.7. The first-order valence-corrected chi connectivity index (χ1v) is 5.44. The van der Waals surface area contributed by atoms with Crippen LogP contribution in [0.5, 0.6) is 0 Å². The number of hydrogen-bond donors (Lipinski definition) is 1. The lowest BCUT2D eigenvalue weighted by molar-refractivity contribution is 0.622. The molecule has 0 aliphatic heterocycles. The van der Waals surface area contributed by atoms with E-state index in [4.69, 9.17) is 5.73 Å². The molecule has 2 rings (SSSR count). The number of halogens is 1. The molecule has 1 heterocycles. The predicted octanol–water partition coefficient (Wildman–Crippen LogP) is 2.72. The van der Waals surface area contributed by atoms with Crippen molar-refractivity contribution >= 4 is 11.3 Å². The molecule has 4 heteroatoms. The molecular formula is C11H11FN2S. The molecule has 2 aromatic rings. The summed E-state index contributed by atoms with van der Waals surface area (Å²) in [6.45, 7) is 2.20. The minimum atomic E-state index is -0.199. The van der Waals surface area contributed by atoms with Crippen molar-refractivity contribution in [2.24, 2.45) is 5.73 Å². The van der Waals surface area contributed by atoms with Gasteiger partial charge in [-0.15, -0.1) is 11.3 Å². The lowest BCUT2D eigenvalue weighted by atomic mass is 10.1. The van der Waals surface area contributed by atoms with Crippen LogP contribution in [-0.2, 0) is 6.54 Å². The normalized spacial score (nSPS) is 10.6. The Labute approximate surface area is 91.6 Å². The summed E-state index contributed by atoms with van der Waals surface area (Å²) in [6, 6.07) is 5.31. The van der Waals surface area contributed by atoms with Crippen LogP contribution in [0.1, 0.15) is 10.4 Å². The van der Waals surface area contributed by atoms with Gasteiger partial charge in [-0.1, -0.05) is 12.1 Å². The van der Waals surface area contributed by atoms with Gasteiger partial charge >= 0.3 is 0 Å². The van der Waals surface area contributed by atoms with Gasteiger partial charge in [-0.25, -0.2) is 9.37 Å². The van der Waals surface area contributed by atoms with E-state index >= 15 is 0 Å². The topological polar surface area (TPSA) is 38.9 Å². The second kappa shape index (κ2) is 4.08. The van der Waals surface area contributed by atoms with Gasteiger partial charge in [0.05, 0.1) is 0 Å². The fraction of sp³-hybridized carbons (Fsp3) is 0.182. The SMILES string of the molecule is Cc1cccc(-c2ncc(CN)s2)c1F. The number of rotatable bonds is 2. The summed E-state index contributed by atoms with van der Waals surface area (Å²) in [6.07, 6.45) is 1.70. The van der Waals surface area contributed by atoms with E-state index < -0.39 is 0 Å². The third-order valence-corrected chi connectivity index (χ3v) is 3.23. The maximum Gasteiger partial charge on any atom is 0.136 e. The Morgan fingerprint density at radius 3 is 2.93 bits per heavy atom. The van der Waals surface area contributed by atoms with Crippen molar-refractivity contribution in [3.8, 4) is 10.6 Å². The summed E-state index contributed by atoms with van der Waals surface area (Å²) in [5.74, 6) is -0.199. The van der Waals surface area contributed by atoms with Crippen molar-refractivity contribution < 1.29 is 4.39 Å². The van der Waals surface area contributed by atoms with Crippen molar-refractivity contribution in [2.75, 3.05) is 0 Å². The molecule has 0 radical (unpaired) electrons. The van der Waals surface area contributed by atoms with Crippen molar-refractivity contribution in [1.29, 1.82) is 0 Å². The first-order chi connectivity index (χ1) is 7.22. The molecule has 0 spiro atoms. The van der Waals surface area contributed by atoms with Crippen LogP contribution < -0.4 is 5.73 Å². The third-order valence-electron chi connectivity index (χ3n) is 2.18. The molecule has 0 saturated carbocycles. The highest BCUT2D eigenvalue weighted by Gasteiger charge is 2.10. The lowest BCUT2D eigenvalue weighted by Crippen LogP contribution is -1.91. The van der Waals surface area contributed by atoms with Gasteiger partial charge in [0.25, 0.3) is 0 Å². The summed E-state index contributed by atoms with van der Waals surface area (Å²) in [5, 5.41) is 0.691. The van der Waals surface area contributed by atoms with Crippen LogP contribution >= 0.6 is 11.3 Å². The van der Waals surface area contributed by atoms with Crippen molar-refractivity contribution in [2.45, 2.75) is 13.5 Å². The average Bonchev–Trinajstić information content (AvgIpc) is 2.70. The molecule has 2 N–H and O–H groups in total. The second-order valence-corrected chi connectivity index (χ2v) is 4.39. The minimum absolute atomic E-state index is 0.199. The molecule has 0 unspecified atom stereocenters. The zero-order chi connectivity index (χ0) is 10.8. The number of nitrogens with two attached hydrogens (primary N) is 1. The van der Waals surface area contributed by atoms with Crippen LogP contribution in [0.15, 0.2) is 24.4 Å². The van der Waals surface area contributed by atoms with Crippen molar-refractivity contribution in [1.82, 2.24) is 4.98 Å². The van der Waals surface area contributed by atoms with Gasteiger partial charge in [-0.2, -0.15) is 0 Å². The molecule has 2 nitrogen and oxygen atoms in total. The Hall–Kier alpha value is -1.26. The van der Waals surface area contributed by atoms with Crippen LogP contribution in [0.25, 0.3) is 10.6 Å². The van der Waals surface area contributed by atoms with Crippen molar-refractivity contribution in [3.05, 3.63) is 40.7 Å². The summed E-state index contributed by atoms with van der Waals surface area (Å²) < 4.78 is 13.7. The summed E-state index contributed by atoms with van der Waals surface area (Å²) in [7, 11) is 0. The number of nitrogens with zero attached hydrogens (tertiary/aromatic N) is 1. The number of hydrogen-bond acceptors (Lipinski definition) is 3. The van der Waals surface area contributed by atoms with E-state index in [1.165, 1.54) is 11.3 Å². The molecule has 0 fully saturated rings. The second-order valence-electron chi connectivity index (χ2n) is 3.27. The van der Waals surface area contributed by atoms with E-state index in [1.54, 1.807) is 25.3 Å². The minimum Gasteiger partial charge on any atom is -0.326 e. The molecule has 78 valence electrons. The first kappa shape index (κ1) is 10.3. The van der Waals surface area contributed by atoms with E-state index in [2.05, 4.69) is 4.98 Å². The van der Waals surface area contributed by atoms with E-state index in [1.807, 2.05) is 6.07 Å². The number of thiazole rings is 1. The highest BCUT2D eigenvalue weighted by atomic mass is 32.1. The van der Waals surface area contributed by atoms with Gasteiger partial charge in [0.2, 0.25) is 0 Å². The van der Waals surface area contributed by atoms with E-state index in [-0.39, 0.29) is 5.82 Å². The summed E-state index contributed by atoms with van der Waals surface area (Å²) in [5.41, 5.74) is 6.68. The molecule has 0 atom stereocenters. The van der Waals surface area contributed by atoms with Gasteiger partial charge in [0.15, 0.2) is 0 Å². The molecule has 1 aromatic heterocycles. The molecule has 0 amide bonds. The number of aryl methyl sites for hydroxylation is 1. The highest BCUT2D eigenvalue weighted by molar-refractivity contribution is 7.15. The monoisotopic (exact) mass is 222 g/mol. The average molecular weight is 222 g/mol. The number of benzene rings is 1. The fourth-order valence-corrected chi connectivity index (χ4v) is 2.15. The Morgan fingerprint density at radius 1 is 1.47 bits per heavy atom. The highest BCUT2D eigenvalue weighted by Crippen LogP contribution is 2.28. The first-order valence-electron chi connectivity index (χ1n) is 4.62. The van der Waals surface area contributed by atoms with Crippen LogP contribution in [-0.4, -0.2) is 4.98 Å². The van der Waals surface area contributed by atoms with Gasteiger partial charge in [-0.05, 0) is 18.6 Å². The largest absolute Gasteiger partial charge is 0.326 e. The summed E-state index contributed by atoms with van der Waals surface area (Å²) in [4.78, 5) is 5.12. The molecule has 0 bridgehead atoms. The summed E-state index contributed by atoms with van der Waals surface area (Å²) >= 11 is 1.43. The molecule has 0 aliphatic carbocycles. The predicted molar refractivity (Wildman–Crippen MR) is 60.1 cm³/mol. The van der Waals surface area contributed by atoms with Crippen LogP contribution in [0.2, 0.25) is 0 Å². The third kappa shape index (κ3) is 1.91. The zero-order valence-corrected chi connectivity index (χ0v) is 9.14. The molecule has 15 heavy (non-hydrogen) atoms. The fourth-order valence-electron chi connectivity index (χ4n) is 1.34. The van der Waals surface area contributed by atoms with Gasteiger partial charge in [0.1, 0.15) is 10.8 Å². The zero-order valence-electron chi connectivity index (χ0n) is 8.33. The Balaban J connectivity index is 2.49. The molecule has 1 aromatic carbocycles. The van der Waals surface area contributed by atoms with Gasteiger partial charge in [0, 0.05) is 23.2 Å². The molecular weight excluding hydrogens is 211 g/mol. The Kier molecular flexibility index (Phi) is 2.79. The number of aromatic nitrogens is 1. The smallest absolute Gasteiger partial charge is 0.136 e. The van der Waals surface area contributed by atoms with Crippen molar-refractivity contribution in [3.63, 3.8) is 0 Å². The van der Waals surface area contributed by atoms with E-state index in [0.717, 1.165) is 4.88 Å². The molecule has 0 saturated heterocycles. The Morgan fingerprint density at radius 2 is 2.27 bits per heavy atom. The van der Waals surface area contributed by atoms with Crippen LogP contribution in [0, 0.1) is 12.7 Å². The van der Waals surface area contributed by atoms with Crippen LogP contribution in [0.4, 0.5) is 4.39 Å². The molecule has 0 aliphatic rings. The van der Waals surface area contributed by atoms with Gasteiger partial charge < -0.3 is 5.73 Å². The standard InChI is InChI=1S/C11H11FN2S/c1-7-3-2-4-9(10(7)12)11-14-6-8(5-13)15-11/h2-4,6H,5,13H2,1H3. The lowest BCUT2D eigenvalue weighted by Gasteiger charge is -2.01. The maximum atomic E-state index is 13.7. The van der Waals surface area contributed by atoms with E-state index in [9.17, 15) is 4.39 Å². The Bertz CT molecular complexity index is 479.